The maximum absolute atomic E-state index is 8.43. The molecule has 0 aliphatic carbocycles. The van der Waals surface area contributed by atoms with Crippen LogP contribution in [0.3, 0.4) is 0 Å². The summed E-state index contributed by atoms with van der Waals surface area (Å²) in [5.74, 6) is 6.07. The van der Waals surface area contributed by atoms with Gasteiger partial charge in [-0.25, -0.2) is 0 Å². The first kappa shape index (κ1) is 9.52. The highest BCUT2D eigenvalue weighted by Gasteiger charge is 1.83. The van der Waals surface area contributed by atoms with Crippen LogP contribution in [0.5, 0.6) is 0 Å². The highest BCUT2D eigenvalue weighted by Crippen LogP contribution is 1.96. The van der Waals surface area contributed by atoms with Crippen molar-refractivity contribution in [2.75, 3.05) is 6.61 Å². The Bertz CT molecular complexity index is 108. The van der Waals surface area contributed by atoms with Crippen LogP contribution >= 0.6 is 0 Å². The maximum atomic E-state index is 8.43. The molecule has 0 unspecified atom stereocenters. The SMILES string of the molecule is CCC#CCCCCCO. The summed E-state index contributed by atoms with van der Waals surface area (Å²) in [5.41, 5.74) is 0. The Morgan fingerprint density at radius 2 is 1.90 bits per heavy atom. The van der Waals surface area contributed by atoms with Crippen molar-refractivity contribution >= 4 is 0 Å². The third kappa shape index (κ3) is 7.52. The zero-order chi connectivity index (χ0) is 7.66. The molecule has 0 radical (unpaired) electrons. The Labute approximate surface area is 63.5 Å². The van der Waals surface area contributed by atoms with E-state index in [9.17, 15) is 0 Å². The molecule has 0 spiro atoms. The van der Waals surface area contributed by atoms with Gasteiger partial charge in [0, 0.05) is 19.4 Å². The Hall–Kier alpha value is -0.480. The lowest BCUT2D eigenvalue weighted by molar-refractivity contribution is 0.283. The van der Waals surface area contributed by atoms with Crippen LogP contribution in [-0.2, 0) is 0 Å². The first-order valence-corrected chi connectivity index (χ1v) is 3.98. The van der Waals surface area contributed by atoms with Gasteiger partial charge in [0.25, 0.3) is 0 Å². The summed E-state index contributed by atoms with van der Waals surface area (Å²) in [6.45, 7) is 2.38. The predicted octanol–water partition coefficient (Wildman–Crippen LogP) is 1.95. The molecular weight excluding hydrogens is 124 g/mol. The van der Waals surface area contributed by atoms with Gasteiger partial charge >= 0.3 is 0 Å². The maximum Gasteiger partial charge on any atom is 0.0431 e. The van der Waals surface area contributed by atoms with Gasteiger partial charge in [-0.2, -0.15) is 0 Å². The fourth-order valence-corrected chi connectivity index (χ4v) is 0.715. The van der Waals surface area contributed by atoms with Crippen LogP contribution in [0.2, 0.25) is 0 Å². The molecular formula is C9H16O. The Morgan fingerprint density at radius 3 is 2.50 bits per heavy atom. The molecule has 1 N–H and O–H groups in total. The van der Waals surface area contributed by atoms with Crippen molar-refractivity contribution < 1.29 is 5.11 Å². The molecule has 0 aliphatic heterocycles. The van der Waals surface area contributed by atoms with Gasteiger partial charge < -0.3 is 5.11 Å². The highest BCUT2D eigenvalue weighted by atomic mass is 16.2. The van der Waals surface area contributed by atoms with E-state index in [0.29, 0.717) is 6.61 Å². The topological polar surface area (TPSA) is 20.2 Å². The molecule has 0 aromatic heterocycles. The third-order valence-corrected chi connectivity index (χ3v) is 1.26. The van der Waals surface area contributed by atoms with E-state index in [1.165, 1.54) is 0 Å². The van der Waals surface area contributed by atoms with Crippen LogP contribution in [-0.4, -0.2) is 11.7 Å². The monoisotopic (exact) mass is 140 g/mol. The summed E-state index contributed by atoms with van der Waals surface area (Å²) in [4.78, 5) is 0. The van der Waals surface area contributed by atoms with Crippen molar-refractivity contribution in [1.82, 2.24) is 0 Å². The molecule has 1 nitrogen and oxygen atoms in total. The van der Waals surface area contributed by atoms with Crippen molar-refractivity contribution in [1.29, 1.82) is 0 Å². The van der Waals surface area contributed by atoms with Gasteiger partial charge in [-0.15, -0.1) is 11.8 Å². The van der Waals surface area contributed by atoms with Crippen molar-refractivity contribution in [3.63, 3.8) is 0 Å². The smallest absolute Gasteiger partial charge is 0.0431 e. The van der Waals surface area contributed by atoms with Crippen molar-refractivity contribution in [2.24, 2.45) is 0 Å². The van der Waals surface area contributed by atoms with Crippen LogP contribution in [0, 0.1) is 11.8 Å². The summed E-state index contributed by atoms with van der Waals surface area (Å²) >= 11 is 0. The van der Waals surface area contributed by atoms with Crippen molar-refractivity contribution in [3.8, 4) is 11.8 Å². The van der Waals surface area contributed by atoms with Crippen LogP contribution in [0.25, 0.3) is 0 Å². The number of hydrogen-bond acceptors (Lipinski definition) is 1. The van der Waals surface area contributed by atoms with Gasteiger partial charge in [0.2, 0.25) is 0 Å². The molecule has 1 heteroatoms. The van der Waals surface area contributed by atoms with Gasteiger partial charge in [0.1, 0.15) is 0 Å². The van der Waals surface area contributed by atoms with Crippen LogP contribution in [0.4, 0.5) is 0 Å². The van der Waals surface area contributed by atoms with Crippen molar-refractivity contribution in [3.05, 3.63) is 0 Å². The van der Waals surface area contributed by atoms with Gasteiger partial charge in [-0.05, 0) is 12.8 Å². The second-order valence-corrected chi connectivity index (χ2v) is 2.24. The fourth-order valence-electron chi connectivity index (χ4n) is 0.715. The second kappa shape index (κ2) is 8.52. The third-order valence-electron chi connectivity index (χ3n) is 1.26. The molecule has 0 fully saturated rings. The molecule has 0 aromatic carbocycles. The minimum absolute atomic E-state index is 0.321. The molecule has 0 aliphatic rings. The van der Waals surface area contributed by atoms with E-state index < -0.39 is 0 Å². The molecule has 0 atom stereocenters. The zero-order valence-electron chi connectivity index (χ0n) is 6.69. The Balaban J connectivity index is 2.90. The minimum atomic E-state index is 0.321. The van der Waals surface area contributed by atoms with E-state index in [-0.39, 0.29) is 0 Å². The van der Waals surface area contributed by atoms with E-state index in [1.54, 1.807) is 0 Å². The molecule has 0 saturated heterocycles. The van der Waals surface area contributed by atoms with Crippen LogP contribution in [0.15, 0.2) is 0 Å². The second-order valence-electron chi connectivity index (χ2n) is 2.24. The van der Waals surface area contributed by atoms with Crippen LogP contribution < -0.4 is 0 Å². The summed E-state index contributed by atoms with van der Waals surface area (Å²) in [6.07, 6.45) is 5.12. The van der Waals surface area contributed by atoms with E-state index in [1.807, 2.05) is 0 Å². The summed E-state index contributed by atoms with van der Waals surface area (Å²) in [5, 5.41) is 8.43. The molecule has 10 heavy (non-hydrogen) atoms. The quantitative estimate of drug-likeness (QED) is 0.467. The number of aliphatic hydroxyl groups excluding tert-OH is 1. The molecule has 0 heterocycles. The largest absolute Gasteiger partial charge is 0.396 e. The first-order chi connectivity index (χ1) is 4.91. The fraction of sp³-hybridized carbons (Fsp3) is 0.778. The Kier molecular flexibility index (Phi) is 8.11. The van der Waals surface area contributed by atoms with Gasteiger partial charge in [0.15, 0.2) is 0 Å². The lowest BCUT2D eigenvalue weighted by Crippen LogP contribution is -1.81. The lowest BCUT2D eigenvalue weighted by Gasteiger charge is -1.90. The predicted molar refractivity (Wildman–Crippen MR) is 43.6 cm³/mol. The van der Waals surface area contributed by atoms with Gasteiger partial charge in [0.05, 0.1) is 0 Å². The minimum Gasteiger partial charge on any atom is -0.396 e. The number of unbranched alkanes of at least 4 members (excludes halogenated alkanes) is 3. The average Bonchev–Trinajstić information content (AvgIpc) is 1.97. The summed E-state index contributed by atoms with van der Waals surface area (Å²) < 4.78 is 0. The first-order valence-electron chi connectivity index (χ1n) is 3.98. The normalized spacial score (nSPS) is 8.60. The average molecular weight is 140 g/mol. The highest BCUT2D eigenvalue weighted by molar-refractivity contribution is 4.97. The molecule has 0 amide bonds. The molecule has 58 valence electrons. The summed E-state index contributed by atoms with van der Waals surface area (Å²) in [6, 6.07) is 0. The number of rotatable bonds is 4. The molecule has 0 rings (SSSR count). The number of aliphatic hydroxyl groups is 1. The molecule has 0 bridgehead atoms. The summed E-state index contributed by atoms with van der Waals surface area (Å²) in [7, 11) is 0. The van der Waals surface area contributed by atoms with E-state index in [0.717, 1.165) is 32.1 Å². The van der Waals surface area contributed by atoms with E-state index >= 15 is 0 Å². The van der Waals surface area contributed by atoms with E-state index in [2.05, 4.69) is 18.8 Å². The van der Waals surface area contributed by atoms with Gasteiger partial charge in [-0.3, -0.25) is 0 Å². The lowest BCUT2D eigenvalue weighted by atomic mass is 10.2. The van der Waals surface area contributed by atoms with Gasteiger partial charge in [-0.1, -0.05) is 13.3 Å². The van der Waals surface area contributed by atoms with Crippen LogP contribution in [0.1, 0.15) is 39.0 Å². The standard InChI is InChI=1S/C9H16O/c1-2-3-4-5-6-7-8-9-10/h10H,2,5-9H2,1H3. The Morgan fingerprint density at radius 1 is 1.10 bits per heavy atom. The van der Waals surface area contributed by atoms with E-state index in [4.69, 9.17) is 5.11 Å². The molecule has 0 aromatic rings. The molecule has 0 saturated carbocycles. The van der Waals surface area contributed by atoms with Crippen molar-refractivity contribution in [2.45, 2.75) is 39.0 Å². The number of hydrogen-bond donors (Lipinski definition) is 1. The zero-order valence-corrected chi connectivity index (χ0v) is 6.69.